The van der Waals surface area contributed by atoms with Gasteiger partial charge in [-0.15, -0.1) is 0 Å². The number of hydrogen-bond acceptors (Lipinski definition) is 1. The maximum atomic E-state index is 2.55. The Morgan fingerprint density at radius 2 is 1.06 bits per heavy atom. The summed E-state index contributed by atoms with van der Waals surface area (Å²) in [6, 6.07) is 68.5. The molecule has 3 aliphatic carbocycles. The minimum absolute atomic E-state index is 0.172. The first kappa shape index (κ1) is 40.1. The van der Waals surface area contributed by atoms with Crippen LogP contribution in [-0.4, -0.2) is 0 Å². The molecule has 0 unspecified atom stereocenters. The van der Waals surface area contributed by atoms with Crippen LogP contribution in [0.2, 0.25) is 0 Å². The third kappa shape index (κ3) is 6.61. The van der Waals surface area contributed by atoms with Gasteiger partial charge in [-0.2, -0.15) is 0 Å². The third-order valence-electron chi connectivity index (χ3n) is 13.9. The van der Waals surface area contributed by atoms with E-state index in [9.17, 15) is 0 Å². The van der Waals surface area contributed by atoms with Gasteiger partial charge in [-0.1, -0.05) is 220 Å². The quantitative estimate of drug-likeness (QED) is 0.131. The van der Waals surface area contributed by atoms with Gasteiger partial charge in [0.25, 0.3) is 0 Å². The fourth-order valence-corrected chi connectivity index (χ4v) is 10.9. The molecule has 0 aromatic heterocycles. The van der Waals surface area contributed by atoms with Crippen molar-refractivity contribution >= 4 is 35.3 Å². The average molecular weight is 834 g/mol. The molecule has 0 atom stereocenters. The van der Waals surface area contributed by atoms with Gasteiger partial charge in [0, 0.05) is 22.4 Å². The van der Waals surface area contributed by atoms with Crippen LogP contribution in [0.1, 0.15) is 77.3 Å². The van der Waals surface area contributed by atoms with Crippen LogP contribution in [0.4, 0.5) is 17.1 Å². The Kier molecular flexibility index (Phi) is 10.1. The molecule has 8 aromatic carbocycles. The molecule has 8 aromatic rings. The second-order valence-corrected chi connectivity index (χ2v) is 17.9. The highest BCUT2D eigenvalue weighted by atomic mass is 15.1. The summed E-state index contributed by atoms with van der Waals surface area (Å²) in [4.78, 5) is 2.54. The Morgan fingerprint density at radius 1 is 0.446 bits per heavy atom. The number of rotatable bonds is 9. The largest absolute Gasteiger partial charge is 0.310 e. The van der Waals surface area contributed by atoms with Gasteiger partial charge in [-0.05, 0) is 128 Å². The molecule has 1 nitrogen and oxygen atoms in total. The molecule has 3 aliphatic rings. The van der Waals surface area contributed by atoms with E-state index in [2.05, 4.69) is 255 Å². The minimum Gasteiger partial charge on any atom is -0.310 e. The Hall–Kier alpha value is -7.74. The van der Waals surface area contributed by atoms with Crippen molar-refractivity contribution in [1.29, 1.82) is 0 Å². The van der Waals surface area contributed by atoms with Crippen molar-refractivity contribution in [3.63, 3.8) is 0 Å². The highest BCUT2D eigenvalue weighted by Gasteiger charge is 2.47. The van der Waals surface area contributed by atoms with Crippen molar-refractivity contribution in [1.82, 2.24) is 0 Å². The van der Waals surface area contributed by atoms with E-state index < -0.39 is 5.41 Å². The van der Waals surface area contributed by atoms with Gasteiger partial charge in [0.2, 0.25) is 0 Å². The summed E-state index contributed by atoms with van der Waals surface area (Å²) in [6.45, 7) is 6.79. The first-order valence-electron chi connectivity index (χ1n) is 22.9. The molecule has 1 heteroatoms. The van der Waals surface area contributed by atoms with E-state index in [-0.39, 0.29) is 5.41 Å². The lowest BCUT2D eigenvalue weighted by Crippen LogP contribution is -2.28. The molecule has 0 fully saturated rings. The molecule has 0 saturated carbocycles. The minimum atomic E-state index is -0.569. The highest BCUT2D eigenvalue weighted by Crippen LogP contribution is 2.59. The smallest absolute Gasteiger partial charge is 0.0714 e. The van der Waals surface area contributed by atoms with Crippen molar-refractivity contribution in [2.45, 2.75) is 38.0 Å². The third-order valence-corrected chi connectivity index (χ3v) is 13.9. The number of allylic oxidation sites excluding steroid dienone is 7. The summed E-state index contributed by atoms with van der Waals surface area (Å²) in [6.07, 6.45) is 22.6. The Morgan fingerprint density at radius 3 is 1.80 bits per heavy atom. The number of hydrogen-bond donors (Lipinski definition) is 0. The molecule has 0 aliphatic heterocycles. The van der Waals surface area contributed by atoms with Gasteiger partial charge in [0.1, 0.15) is 0 Å². The number of nitrogens with zero attached hydrogens (tertiary/aromatic N) is 1. The van der Waals surface area contributed by atoms with Crippen molar-refractivity contribution in [3.8, 4) is 33.4 Å². The van der Waals surface area contributed by atoms with Crippen LogP contribution < -0.4 is 4.90 Å². The summed E-state index contributed by atoms with van der Waals surface area (Å²) in [5.74, 6) is 0. The molecule has 0 radical (unpaired) electrons. The SMILES string of the molecule is C\C=C/C=C\C=C\c1ccc(N(c2ccc3c(c2)C(C)(C)c2ccccc2-3)c2cc3c(cc2-c2cccc4c2C=CCC=C4)-c2ccccc2C3(c2ccccc2)c2ccccc2)cc1. The number of anilines is 3. The molecule has 312 valence electrons. The van der Waals surface area contributed by atoms with E-state index in [0.717, 1.165) is 29.0 Å². The molecule has 65 heavy (non-hydrogen) atoms. The number of benzene rings is 8. The molecule has 11 rings (SSSR count). The van der Waals surface area contributed by atoms with Crippen molar-refractivity contribution in [2.24, 2.45) is 0 Å². The van der Waals surface area contributed by atoms with Crippen LogP contribution >= 0.6 is 0 Å². The van der Waals surface area contributed by atoms with Crippen molar-refractivity contribution in [3.05, 3.63) is 275 Å². The standard InChI is InChI=1S/C64H51N/c1-4-5-6-7-11-23-45-36-38-49(39-37-45)65(50-40-41-55-53-31-18-20-34-58(53)63(2,3)60(55)42-50)62-44-61-56(43-57(62)52-33-22-25-46-24-12-8-17-30-51(46)52)54-32-19-21-35-59(54)64(61,47-26-13-9-14-27-47)48-28-15-10-16-29-48/h4-7,9-44H,8H2,1-3H3/b5-4-,7-6-,23-11+. The van der Waals surface area contributed by atoms with Gasteiger partial charge in [0.05, 0.1) is 11.1 Å². The Labute approximate surface area is 384 Å². The van der Waals surface area contributed by atoms with E-state index in [4.69, 9.17) is 0 Å². The zero-order chi connectivity index (χ0) is 44.0. The molecule has 0 spiro atoms. The Balaban J connectivity index is 1.24. The van der Waals surface area contributed by atoms with E-state index in [0.29, 0.717) is 0 Å². The lowest BCUT2D eigenvalue weighted by Gasteiger charge is -2.36. The van der Waals surface area contributed by atoms with E-state index in [1.54, 1.807) is 0 Å². The van der Waals surface area contributed by atoms with E-state index in [1.165, 1.54) is 77.9 Å². The van der Waals surface area contributed by atoms with Gasteiger partial charge in [-0.25, -0.2) is 0 Å². The van der Waals surface area contributed by atoms with Crippen LogP contribution in [0.15, 0.2) is 225 Å². The lowest BCUT2D eigenvalue weighted by molar-refractivity contribution is 0.660. The number of fused-ring (bicyclic) bond motifs is 7. The molecular weight excluding hydrogens is 783 g/mol. The summed E-state index contributed by atoms with van der Waals surface area (Å²) >= 11 is 0. The van der Waals surface area contributed by atoms with Gasteiger partial charge < -0.3 is 4.90 Å². The summed E-state index contributed by atoms with van der Waals surface area (Å²) in [5, 5.41) is 0. The first-order valence-corrected chi connectivity index (χ1v) is 22.9. The van der Waals surface area contributed by atoms with Crippen LogP contribution in [0.5, 0.6) is 0 Å². The lowest BCUT2D eigenvalue weighted by atomic mass is 9.67. The molecule has 0 bridgehead atoms. The van der Waals surface area contributed by atoms with Crippen molar-refractivity contribution < 1.29 is 0 Å². The maximum absolute atomic E-state index is 2.55. The molecule has 0 N–H and O–H groups in total. The molecular formula is C64H51N. The van der Waals surface area contributed by atoms with Gasteiger partial charge in [-0.3, -0.25) is 0 Å². The molecule has 0 saturated heterocycles. The van der Waals surface area contributed by atoms with Crippen LogP contribution in [0.3, 0.4) is 0 Å². The van der Waals surface area contributed by atoms with E-state index in [1.807, 2.05) is 13.0 Å². The molecule has 0 amide bonds. The Bertz CT molecular complexity index is 3210. The van der Waals surface area contributed by atoms with Gasteiger partial charge in [0.15, 0.2) is 0 Å². The van der Waals surface area contributed by atoms with E-state index >= 15 is 0 Å². The van der Waals surface area contributed by atoms with Crippen molar-refractivity contribution in [2.75, 3.05) is 4.90 Å². The zero-order valence-corrected chi connectivity index (χ0v) is 37.2. The molecule has 0 heterocycles. The average Bonchev–Trinajstić information content (AvgIpc) is 3.60. The van der Waals surface area contributed by atoms with Crippen LogP contribution in [0.25, 0.3) is 51.6 Å². The maximum Gasteiger partial charge on any atom is 0.0714 e. The highest BCUT2D eigenvalue weighted by molar-refractivity contribution is 5.99. The predicted molar refractivity (Wildman–Crippen MR) is 277 cm³/mol. The summed E-state index contributed by atoms with van der Waals surface area (Å²) in [5.41, 5.74) is 21.6. The fraction of sp³-hybridized carbons (Fsp3) is 0.0938. The van der Waals surface area contributed by atoms with Crippen LogP contribution in [0, 0.1) is 0 Å². The summed E-state index contributed by atoms with van der Waals surface area (Å²) in [7, 11) is 0. The first-order chi connectivity index (χ1) is 32.0. The monoisotopic (exact) mass is 833 g/mol. The predicted octanol–water partition coefficient (Wildman–Crippen LogP) is 17.1. The summed E-state index contributed by atoms with van der Waals surface area (Å²) < 4.78 is 0. The normalized spacial score (nSPS) is 14.9. The van der Waals surface area contributed by atoms with Gasteiger partial charge >= 0.3 is 0 Å². The zero-order valence-electron chi connectivity index (χ0n) is 37.2. The topological polar surface area (TPSA) is 3.24 Å². The second kappa shape index (κ2) is 16.4. The fourth-order valence-electron chi connectivity index (χ4n) is 10.9. The van der Waals surface area contributed by atoms with Crippen LogP contribution in [-0.2, 0) is 10.8 Å². The second-order valence-electron chi connectivity index (χ2n) is 17.9.